The van der Waals surface area contributed by atoms with Crippen molar-refractivity contribution in [3.05, 3.63) is 28.8 Å². The minimum Gasteiger partial charge on any atom is -0.494 e. The smallest absolute Gasteiger partial charge is 0.303 e. The first-order chi connectivity index (χ1) is 7.95. The van der Waals surface area contributed by atoms with Crippen molar-refractivity contribution < 1.29 is 14.6 Å². The summed E-state index contributed by atoms with van der Waals surface area (Å²) in [6.45, 7) is 8.55. The van der Waals surface area contributed by atoms with E-state index < -0.39 is 5.97 Å². The average molecular weight is 236 g/mol. The Labute approximate surface area is 102 Å². The predicted molar refractivity (Wildman–Crippen MR) is 67.8 cm³/mol. The number of ether oxygens (including phenoxy) is 1. The summed E-state index contributed by atoms with van der Waals surface area (Å²) in [5.74, 6) is 0.127. The van der Waals surface area contributed by atoms with Gasteiger partial charge in [0.05, 0.1) is 13.0 Å². The van der Waals surface area contributed by atoms with Crippen LogP contribution in [0.4, 0.5) is 0 Å². The Morgan fingerprint density at radius 1 is 1.35 bits per heavy atom. The summed E-state index contributed by atoms with van der Waals surface area (Å²) in [6.07, 6.45) is 0.162. The largest absolute Gasteiger partial charge is 0.494 e. The fraction of sp³-hybridized carbons (Fsp3) is 0.500. The first-order valence-corrected chi connectivity index (χ1v) is 5.91. The van der Waals surface area contributed by atoms with E-state index >= 15 is 0 Å². The third-order valence-electron chi connectivity index (χ3n) is 2.85. The summed E-state index contributed by atoms with van der Waals surface area (Å²) in [5, 5.41) is 8.84. The highest BCUT2D eigenvalue weighted by molar-refractivity contribution is 5.68. The second-order valence-corrected chi connectivity index (χ2v) is 4.40. The molecule has 3 nitrogen and oxygen atoms in total. The molecule has 1 atom stereocenters. The lowest BCUT2D eigenvalue weighted by Crippen LogP contribution is -2.07. The number of aliphatic carboxylic acids is 1. The van der Waals surface area contributed by atoms with Gasteiger partial charge in [-0.05, 0) is 55.5 Å². The molecule has 0 heterocycles. The molecule has 0 aliphatic rings. The van der Waals surface area contributed by atoms with E-state index in [0.29, 0.717) is 6.61 Å². The lowest BCUT2D eigenvalue weighted by atomic mass is 9.89. The van der Waals surface area contributed by atoms with Gasteiger partial charge in [0.25, 0.3) is 0 Å². The van der Waals surface area contributed by atoms with E-state index in [1.54, 1.807) is 0 Å². The number of hydrogen-bond acceptors (Lipinski definition) is 2. The van der Waals surface area contributed by atoms with Crippen molar-refractivity contribution in [1.82, 2.24) is 0 Å². The fourth-order valence-corrected chi connectivity index (χ4v) is 2.33. The van der Waals surface area contributed by atoms with Crippen LogP contribution < -0.4 is 4.74 Å². The molecule has 3 heteroatoms. The van der Waals surface area contributed by atoms with Gasteiger partial charge in [0.2, 0.25) is 0 Å². The molecule has 1 rings (SSSR count). The van der Waals surface area contributed by atoms with Crippen LogP contribution in [0.1, 0.15) is 42.9 Å². The van der Waals surface area contributed by atoms with Crippen LogP contribution in [0, 0.1) is 13.8 Å². The van der Waals surface area contributed by atoms with Crippen molar-refractivity contribution in [2.24, 2.45) is 0 Å². The molecule has 0 saturated carbocycles. The van der Waals surface area contributed by atoms with E-state index in [4.69, 9.17) is 9.84 Å². The Bertz CT molecular complexity index is 387. The Morgan fingerprint density at radius 3 is 2.29 bits per heavy atom. The van der Waals surface area contributed by atoms with E-state index in [1.165, 1.54) is 0 Å². The van der Waals surface area contributed by atoms with Gasteiger partial charge in [-0.2, -0.15) is 0 Å². The first-order valence-electron chi connectivity index (χ1n) is 5.91. The van der Waals surface area contributed by atoms with E-state index in [-0.39, 0.29) is 12.3 Å². The maximum atomic E-state index is 10.8. The molecule has 1 unspecified atom stereocenters. The first kappa shape index (κ1) is 13.6. The highest BCUT2D eigenvalue weighted by Crippen LogP contribution is 2.29. The molecule has 0 aromatic heterocycles. The molecule has 0 aliphatic carbocycles. The quantitative estimate of drug-likeness (QED) is 0.853. The molecule has 0 aliphatic heterocycles. The topological polar surface area (TPSA) is 46.5 Å². The SMILES string of the molecule is CCOc1cc(C)c(C(C)CC(=O)O)c(C)c1. The van der Waals surface area contributed by atoms with Gasteiger partial charge < -0.3 is 9.84 Å². The van der Waals surface area contributed by atoms with Crippen molar-refractivity contribution in [3.8, 4) is 5.75 Å². The van der Waals surface area contributed by atoms with Crippen LogP contribution in [-0.2, 0) is 4.79 Å². The molecular weight excluding hydrogens is 216 g/mol. The van der Waals surface area contributed by atoms with Crippen LogP contribution in [0.3, 0.4) is 0 Å². The van der Waals surface area contributed by atoms with Gasteiger partial charge in [-0.15, -0.1) is 0 Å². The van der Waals surface area contributed by atoms with Crippen molar-refractivity contribution >= 4 is 5.97 Å². The molecule has 1 aromatic rings. The molecule has 17 heavy (non-hydrogen) atoms. The van der Waals surface area contributed by atoms with Gasteiger partial charge in [0.1, 0.15) is 5.75 Å². The van der Waals surface area contributed by atoms with Gasteiger partial charge in [-0.3, -0.25) is 4.79 Å². The highest BCUT2D eigenvalue weighted by Gasteiger charge is 2.15. The van der Waals surface area contributed by atoms with Crippen molar-refractivity contribution in [3.63, 3.8) is 0 Å². The van der Waals surface area contributed by atoms with Crippen molar-refractivity contribution in [2.45, 2.75) is 40.0 Å². The predicted octanol–water partition coefficient (Wildman–Crippen LogP) is 3.28. The zero-order chi connectivity index (χ0) is 13.0. The van der Waals surface area contributed by atoms with Gasteiger partial charge >= 0.3 is 5.97 Å². The highest BCUT2D eigenvalue weighted by atomic mass is 16.5. The third-order valence-corrected chi connectivity index (χ3v) is 2.85. The Morgan fingerprint density at radius 2 is 1.88 bits per heavy atom. The number of aryl methyl sites for hydroxylation is 2. The summed E-state index contributed by atoms with van der Waals surface area (Å²) in [5.41, 5.74) is 3.32. The molecule has 0 spiro atoms. The zero-order valence-electron chi connectivity index (χ0n) is 10.9. The van der Waals surface area contributed by atoms with E-state index in [2.05, 4.69) is 0 Å². The standard InChI is InChI=1S/C14H20O3/c1-5-17-12-6-9(2)14(10(3)7-12)11(4)8-13(15)16/h6-7,11H,5,8H2,1-4H3,(H,15,16). The van der Waals surface area contributed by atoms with Crippen LogP contribution in [-0.4, -0.2) is 17.7 Å². The summed E-state index contributed by atoms with van der Waals surface area (Å²) in [4.78, 5) is 10.8. The molecule has 0 saturated heterocycles. The molecule has 0 bridgehead atoms. The van der Waals surface area contributed by atoms with Gasteiger partial charge in [0, 0.05) is 0 Å². The summed E-state index contributed by atoms with van der Waals surface area (Å²) < 4.78 is 5.47. The number of hydrogen-bond donors (Lipinski definition) is 1. The zero-order valence-corrected chi connectivity index (χ0v) is 10.9. The van der Waals surface area contributed by atoms with Gasteiger partial charge in [-0.1, -0.05) is 6.92 Å². The van der Waals surface area contributed by atoms with E-state index in [1.807, 2.05) is 39.8 Å². The van der Waals surface area contributed by atoms with Gasteiger partial charge in [-0.25, -0.2) is 0 Å². The Hall–Kier alpha value is -1.51. The molecule has 0 fully saturated rings. The lowest BCUT2D eigenvalue weighted by Gasteiger charge is -2.17. The van der Waals surface area contributed by atoms with Crippen LogP contribution in [0.25, 0.3) is 0 Å². The molecule has 0 amide bonds. The monoisotopic (exact) mass is 236 g/mol. The van der Waals surface area contributed by atoms with Gasteiger partial charge in [0.15, 0.2) is 0 Å². The van der Waals surface area contributed by atoms with Crippen molar-refractivity contribution in [1.29, 1.82) is 0 Å². The summed E-state index contributed by atoms with van der Waals surface area (Å²) >= 11 is 0. The number of rotatable bonds is 5. The minimum absolute atomic E-state index is 0.0307. The lowest BCUT2D eigenvalue weighted by molar-refractivity contribution is -0.137. The summed E-state index contributed by atoms with van der Waals surface area (Å²) in [6, 6.07) is 3.95. The number of carboxylic acid groups (broad SMARTS) is 1. The summed E-state index contributed by atoms with van der Waals surface area (Å²) in [7, 11) is 0. The second kappa shape index (κ2) is 5.71. The number of benzene rings is 1. The molecule has 94 valence electrons. The van der Waals surface area contributed by atoms with Crippen LogP contribution in [0.5, 0.6) is 5.75 Å². The number of carbonyl (C=O) groups is 1. The Balaban J connectivity index is 3.04. The van der Waals surface area contributed by atoms with Crippen LogP contribution >= 0.6 is 0 Å². The molecule has 1 N–H and O–H groups in total. The minimum atomic E-state index is -0.759. The third kappa shape index (κ3) is 3.48. The number of carboxylic acids is 1. The van der Waals surface area contributed by atoms with E-state index in [9.17, 15) is 4.79 Å². The molecule has 0 radical (unpaired) electrons. The van der Waals surface area contributed by atoms with Crippen molar-refractivity contribution in [2.75, 3.05) is 6.61 Å². The fourth-order valence-electron chi connectivity index (χ4n) is 2.33. The van der Waals surface area contributed by atoms with E-state index in [0.717, 1.165) is 22.4 Å². The van der Waals surface area contributed by atoms with Crippen LogP contribution in [0.2, 0.25) is 0 Å². The maximum absolute atomic E-state index is 10.8. The average Bonchev–Trinajstić information content (AvgIpc) is 2.15. The molecular formula is C14H20O3. The molecule has 1 aromatic carbocycles. The Kier molecular flexibility index (Phi) is 4.55. The second-order valence-electron chi connectivity index (χ2n) is 4.40. The maximum Gasteiger partial charge on any atom is 0.303 e. The normalized spacial score (nSPS) is 12.2. The van der Waals surface area contributed by atoms with Crippen LogP contribution in [0.15, 0.2) is 12.1 Å².